The van der Waals surface area contributed by atoms with Gasteiger partial charge in [-0.05, 0) is 44.7 Å². The third-order valence-electron chi connectivity index (χ3n) is 5.38. The fraction of sp³-hybridized carbons (Fsp3) is 0.765. The molecule has 26 heavy (non-hydrogen) atoms. The summed E-state index contributed by atoms with van der Waals surface area (Å²) < 4.78 is 1.79. The fourth-order valence-corrected chi connectivity index (χ4v) is 3.96. The molecule has 2 fully saturated rings. The van der Waals surface area contributed by atoms with E-state index in [0.29, 0.717) is 11.6 Å². The second-order valence-electron chi connectivity index (χ2n) is 7.21. The topological polar surface area (TPSA) is 115 Å². The molecule has 2 heterocycles. The molecule has 0 bridgehead atoms. The van der Waals surface area contributed by atoms with Crippen LogP contribution in [0.25, 0.3) is 0 Å². The first-order valence-electron chi connectivity index (χ1n) is 9.35. The summed E-state index contributed by atoms with van der Waals surface area (Å²) >= 11 is 0. The lowest BCUT2D eigenvalue weighted by Gasteiger charge is -2.30. The van der Waals surface area contributed by atoms with Crippen LogP contribution in [0.3, 0.4) is 0 Å². The summed E-state index contributed by atoms with van der Waals surface area (Å²) in [5.41, 5.74) is 5.70. The van der Waals surface area contributed by atoms with E-state index in [-0.39, 0.29) is 42.7 Å². The molecular formula is C17H29ClN6O2. The third kappa shape index (κ3) is 5.41. The molecular weight excluding hydrogens is 356 g/mol. The number of nitrogens with one attached hydrogen (secondary N) is 2. The van der Waals surface area contributed by atoms with E-state index < -0.39 is 0 Å². The molecule has 3 rings (SSSR count). The maximum Gasteiger partial charge on any atom is 0.273 e. The minimum atomic E-state index is -0.380. The number of hydrogen-bond donors (Lipinski definition) is 3. The van der Waals surface area contributed by atoms with Crippen molar-refractivity contribution < 1.29 is 9.59 Å². The second-order valence-corrected chi connectivity index (χ2v) is 7.21. The molecule has 4 N–H and O–H groups in total. The van der Waals surface area contributed by atoms with E-state index in [0.717, 1.165) is 51.6 Å². The Hall–Kier alpha value is -1.67. The summed E-state index contributed by atoms with van der Waals surface area (Å²) in [5.74, 6) is -0.337. The van der Waals surface area contributed by atoms with Crippen LogP contribution in [0.4, 0.5) is 0 Å². The van der Waals surface area contributed by atoms with Crippen LogP contribution >= 0.6 is 12.4 Å². The molecule has 1 saturated carbocycles. The molecule has 1 atom stereocenters. The first-order chi connectivity index (χ1) is 12.1. The summed E-state index contributed by atoms with van der Waals surface area (Å²) in [5, 5.41) is 14.5. The van der Waals surface area contributed by atoms with E-state index >= 15 is 0 Å². The predicted octanol–water partition coefficient (Wildman–Crippen LogP) is 1.18. The number of nitrogens with two attached hydrogens (primary N) is 1. The average molecular weight is 385 g/mol. The van der Waals surface area contributed by atoms with E-state index in [2.05, 4.69) is 20.9 Å². The Balaban J connectivity index is 0.00000243. The largest absolute Gasteiger partial charge is 0.370 e. The summed E-state index contributed by atoms with van der Waals surface area (Å²) in [4.78, 5) is 24.0. The predicted molar refractivity (Wildman–Crippen MR) is 100 cm³/mol. The van der Waals surface area contributed by atoms with Crippen molar-refractivity contribution in [1.29, 1.82) is 0 Å². The highest BCUT2D eigenvalue weighted by Crippen LogP contribution is 2.28. The molecule has 1 aliphatic carbocycles. The summed E-state index contributed by atoms with van der Waals surface area (Å²) in [6.07, 6.45) is 9.42. The van der Waals surface area contributed by atoms with Gasteiger partial charge in [-0.2, -0.15) is 0 Å². The number of aromatic nitrogens is 3. The molecule has 1 aromatic heterocycles. The molecule has 1 aromatic rings. The smallest absolute Gasteiger partial charge is 0.273 e. The van der Waals surface area contributed by atoms with Gasteiger partial charge in [0.1, 0.15) is 0 Å². The van der Waals surface area contributed by atoms with Gasteiger partial charge >= 0.3 is 0 Å². The Morgan fingerprint density at radius 3 is 2.58 bits per heavy atom. The van der Waals surface area contributed by atoms with E-state index in [1.165, 1.54) is 6.42 Å². The Bertz CT molecular complexity index is 596. The van der Waals surface area contributed by atoms with Gasteiger partial charge in [0, 0.05) is 12.5 Å². The Morgan fingerprint density at radius 1 is 1.23 bits per heavy atom. The number of piperidine rings is 1. The van der Waals surface area contributed by atoms with Crippen molar-refractivity contribution in [2.45, 2.75) is 63.5 Å². The van der Waals surface area contributed by atoms with Crippen molar-refractivity contribution in [2.75, 3.05) is 13.1 Å². The molecule has 146 valence electrons. The van der Waals surface area contributed by atoms with Crippen molar-refractivity contribution in [3.8, 4) is 0 Å². The highest BCUT2D eigenvalue weighted by atomic mass is 35.5. The number of primary amides is 1. The maximum absolute atomic E-state index is 12.6. The standard InChI is InChI=1S/C17H28N6O2.ClH/c18-16(24)10-14(12-4-2-1-3-5-12)20-17(25)15-11-23(22-21-15)13-6-8-19-9-7-13;/h11-14,19H,1-10H2,(H2,18,24)(H,20,25);1H. The minimum Gasteiger partial charge on any atom is -0.370 e. The van der Waals surface area contributed by atoms with Crippen molar-refractivity contribution in [3.63, 3.8) is 0 Å². The highest BCUT2D eigenvalue weighted by Gasteiger charge is 2.28. The first kappa shape index (κ1) is 20.6. The first-order valence-corrected chi connectivity index (χ1v) is 9.35. The molecule has 9 heteroatoms. The number of halogens is 1. The molecule has 2 amide bonds. The number of carbonyl (C=O) groups is 2. The summed E-state index contributed by atoms with van der Waals surface area (Å²) in [6.45, 7) is 1.91. The summed E-state index contributed by atoms with van der Waals surface area (Å²) in [6, 6.07) is 0.0735. The fourth-order valence-electron chi connectivity index (χ4n) is 3.96. The monoisotopic (exact) mass is 384 g/mol. The quantitative estimate of drug-likeness (QED) is 0.681. The van der Waals surface area contributed by atoms with E-state index in [9.17, 15) is 9.59 Å². The number of rotatable bonds is 6. The molecule has 0 aromatic carbocycles. The van der Waals surface area contributed by atoms with Crippen LogP contribution in [0.15, 0.2) is 6.20 Å². The van der Waals surface area contributed by atoms with Gasteiger partial charge in [-0.25, -0.2) is 4.68 Å². The van der Waals surface area contributed by atoms with Crippen LogP contribution in [0.5, 0.6) is 0 Å². The normalized spacial score (nSPS) is 20.2. The van der Waals surface area contributed by atoms with Gasteiger partial charge in [-0.3, -0.25) is 9.59 Å². The van der Waals surface area contributed by atoms with Crippen molar-refractivity contribution in [2.24, 2.45) is 11.7 Å². The zero-order valence-corrected chi connectivity index (χ0v) is 15.8. The second kappa shape index (κ2) is 9.87. The van der Waals surface area contributed by atoms with E-state index in [4.69, 9.17) is 5.73 Å². The lowest BCUT2D eigenvalue weighted by molar-refractivity contribution is -0.118. The van der Waals surface area contributed by atoms with Gasteiger partial charge in [0.15, 0.2) is 5.69 Å². The van der Waals surface area contributed by atoms with Gasteiger partial charge in [0.2, 0.25) is 5.91 Å². The SMILES string of the molecule is Cl.NC(=O)CC(NC(=O)c1cn(C2CCNCC2)nn1)C1CCCCC1. The van der Waals surface area contributed by atoms with Gasteiger partial charge in [-0.1, -0.05) is 24.5 Å². The van der Waals surface area contributed by atoms with Crippen LogP contribution in [0, 0.1) is 5.92 Å². The molecule has 1 aliphatic heterocycles. The van der Waals surface area contributed by atoms with Crippen LogP contribution in [0.1, 0.15) is 67.9 Å². The van der Waals surface area contributed by atoms with Crippen molar-refractivity contribution in [3.05, 3.63) is 11.9 Å². The lowest BCUT2D eigenvalue weighted by atomic mass is 9.82. The Kier molecular flexibility index (Phi) is 7.84. The molecule has 1 unspecified atom stereocenters. The molecule has 0 radical (unpaired) electrons. The number of carbonyl (C=O) groups excluding carboxylic acids is 2. The van der Waals surface area contributed by atoms with Crippen LogP contribution in [0.2, 0.25) is 0 Å². The molecule has 2 aliphatic rings. The van der Waals surface area contributed by atoms with E-state index in [1.54, 1.807) is 10.9 Å². The summed E-state index contributed by atoms with van der Waals surface area (Å²) in [7, 11) is 0. The molecule has 8 nitrogen and oxygen atoms in total. The number of nitrogens with zero attached hydrogens (tertiary/aromatic N) is 3. The van der Waals surface area contributed by atoms with Gasteiger partial charge in [-0.15, -0.1) is 17.5 Å². The molecule has 1 saturated heterocycles. The number of amides is 2. The van der Waals surface area contributed by atoms with Gasteiger partial charge in [0.25, 0.3) is 5.91 Å². The molecule has 0 spiro atoms. The van der Waals surface area contributed by atoms with Gasteiger partial charge in [0.05, 0.1) is 12.2 Å². The zero-order chi connectivity index (χ0) is 17.6. The maximum atomic E-state index is 12.6. The minimum absolute atomic E-state index is 0. The van der Waals surface area contributed by atoms with Crippen molar-refractivity contribution in [1.82, 2.24) is 25.6 Å². The third-order valence-corrected chi connectivity index (χ3v) is 5.38. The van der Waals surface area contributed by atoms with E-state index in [1.807, 2.05) is 0 Å². The Morgan fingerprint density at radius 2 is 1.92 bits per heavy atom. The Labute approximate surface area is 160 Å². The highest BCUT2D eigenvalue weighted by molar-refractivity contribution is 5.92. The average Bonchev–Trinajstić information content (AvgIpc) is 3.12. The van der Waals surface area contributed by atoms with Crippen LogP contribution in [-0.2, 0) is 4.79 Å². The van der Waals surface area contributed by atoms with Crippen molar-refractivity contribution >= 4 is 24.2 Å². The zero-order valence-electron chi connectivity index (χ0n) is 15.0. The van der Waals surface area contributed by atoms with Crippen LogP contribution in [-0.4, -0.2) is 45.9 Å². The van der Waals surface area contributed by atoms with Gasteiger partial charge < -0.3 is 16.4 Å². The lowest BCUT2D eigenvalue weighted by Crippen LogP contribution is -2.43. The number of hydrogen-bond acceptors (Lipinski definition) is 5. The van der Waals surface area contributed by atoms with Crippen LogP contribution < -0.4 is 16.4 Å².